The zero-order valence-electron chi connectivity index (χ0n) is 16.2. The Morgan fingerprint density at radius 1 is 1.08 bits per heavy atom. The molecule has 25 heavy (non-hydrogen) atoms. The van der Waals surface area contributed by atoms with Crippen LogP contribution in [0.25, 0.3) is 0 Å². The number of Topliss-reactive ketones (excluding diaryl/α,β-unsaturated/α-hetero) is 1. The van der Waals surface area contributed by atoms with Crippen LogP contribution >= 0.6 is 0 Å². The molecule has 0 aromatic rings. The fourth-order valence-corrected chi connectivity index (χ4v) is 6.82. The van der Waals surface area contributed by atoms with Crippen molar-refractivity contribution < 1.29 is 9.59 Å². The first kappa shape index (κ1) is 17.2. The molecule has 0 unspecified atom stereocenters. The Morgan fingerprint density at radius 2 is 1.84 bits per heavy atom. The largest absolute Gasteiger partial charge is 0.295 e. The molecule has 0 aliphatic heterocycles. The maximum Gasteiger partial charge on any atom is 0.161 e. The molecule has 0 aromatic heterocycles. The van der Waals surface area contributed by atoms with Crippen LogP contribution in [0, 0.1) is 34.5 Å². The second kappa shape index (κ2) is 5.66. The Hall–Kier alpha value is -1.18. The number of allylic oxidation sites excluding steroid dienone is 4. The molecule has 136 valence electrons. The Kier molecular flexibility index (Phi) is 3.90. The number of hydrogen-bond acceptors (Lipinski definition) is 2. The third-order valence-electron chi connectivity index (χ3n) is 8.33. The lowest BCUT2D eigenvalue weighted by Gasteiger charge is -2.57. The van der Waals surface area contributed by atoms with E-state index in [1.165, 1.54) is 18.4 Å². The summed E-state index contributed by atoms with van der Waals surface area (Å²) in [6, 6.07) is 0. The van der Waals surface area contributed by atoms with Crippen LogP contribution in [0.1, 0.15) is 72.6 Å². The molecule has 0 spiro atoms. The molecule has 2 heteroatoms. The third-order valence-corrected chi connectivity index (χ3v) is 8.33. The first-order chi connectivity index (χ1) is 11.8. The maximum atomic E-state index is 12.8. The van der Waals surface area contributed by atoms with Crippen molar-refractivity contribution >= 4 is 11.6 Å². The fourth-order valence-electron chi connectivity index (χ4n) is 6.82. The number of ketones is 2. The van der Waals surface area contributed by atoms with E-state index >= 15 is 0 Å². The Labute approximate surface area is 152 Å². The molecule has 4 aliphatic rings. The van der Waals surface area contributed by atoms with E-state index in [9.17, 15) is 9.59 Å². The molecule has 0 N–H and O–H groups in total. The number of hydrogen-bond donors (Lipinski definition) is 0. The predicted molar refractivity (Wildman–Crippen MR) is 100 cm³/mol. The average Bonchev–Trinajstić information content (AvgIpc) is 2.92. The van der Waals surface area contributed by atoms with Crippen molar-refractivity contribution in [2.75, 3.05) is 0 Å². The summed E-state index contributed by atoms with van der Waals surface area (Å²) in [6.45, 7) is 8.85. The number of carbonyl (C=O) groups excluding carboxylic acids is 2. The summed E-state index contributed by atoms with van der Waals surface area (Å²) in [5, 5.41) is 0. The lowest BCUT2D eigenvalue weighted by atomic mass is 9.46. The minimum Gasteiger partial charge on any atom is -0.295 e. The number of carbonyl (C=O) groups is 2. The van der Waals surface area contributed by atoms with Crippen molar-refractivity contribution in [3.05, 3.63) is 23.3 Å². The quantitative estimate of drug-likeness (QED) is 0.685. The van der Waals surface area contributed by atoms with Gasteiger partial charge in [0.1, 0.15) is 0 Å². The van der Waals surface area contributed by atoms with Gasteiger partial charge in [-0.15, -0.1) is 0 Å². The lowest BCUT2D eigenvalue weighted by molar-refractivity contribution is -0.121. The van der Waals surface area contributed by atoms with E-state index in [0.29, 0.717) is 29.3 Å². The summed E-state index contributed by atoms with van der Waals surface area (Å²) in [5.41, 5.74) is 2.88. The van der Waals surface area contributed by atoms with Gasteiger partial charge in [-0.2, -0.15) is 0 Å². The molecule has 0 bridgehead atoms. The lowest BCUT2D eigenvalue weighted by Crippen LogP contribution is -2.50. The van der Waals surface area contributed by atoms with Gasteiger partial charge in [0.2, 0.25) is 0 Å². The summed E-state index contributed by atoms with van der Waals surface area (Å²) in [7, 11) is 0. The van der Waals surface area contributed by atoms with Crippen molar-refractivity contribution in [1.29, 1.82) is 0 Å². The molecule has 0 radical (unpaired) electrons. The van der Waals surface area contributed by atoms with Crippen molar-refractivity contribution in [3.63, 3.8) is 0 Å². The maximum absolute atomic E-state index is 12.8. The normalized spacial score (nSPS) is 43.1. The molecule has 5 atom stereocenters. The molecule has 4 aliphatic carbocycles. The highest BCUT2D eigenvalue weighted by Gasteiger charge is 2.57. The molecule has 2 saturated carbocycles. The van der Waals surface area contributed by atoms with Crippen LogP contribution in [0.15, 0.2) is 23.3 Å². The van der Waals surface area contributed by atoms with E-state index in [1.807, 2.05) is 19.9 Å². The summed E-state index contributed by atoms with van der Waals surface area (Å²) in [4.78, 5) is 24.7. The minimum atomic E-state index is 0.0879. The van der Waals surface area contributed by atoms with Crippen LogP contribution in [-0.2, 0) is 9.59 Å². The number of fused-ring (bicyclic) bond motifs is 5. The zero-order chi connectivity index (χ0) is 18.0. The van der Waals surface area contributed by atoms with Gasteiger partial charge in [-0.25, -0.2) is 0 Å². The molecular weight excluding hydrogens is 308 g/mol. The summed E-state index contributed by atoms with van der Waals surface area (Å²) in [5.74, 6) is 2.83. The molecule has 0 amide bonds. The van der Waals surface area contributed by atoms with Crippen molar-refractivity contribution in [2.45, 2.75) is 72.6 Å². The van der Waals surface area contributed by atoms with Gasteiger partial charge in [-0.1, -0.05) is 39.3 Å². The van der Waals surface area contributed by atoms with E-state index in [2.05, 4.69) is 19.9 Å². The van der Waals surface area contributed by atoms with Gasteiger partial charge in [0.15, 0.2) is 11.6 Å². The molecule has 0 aromatic carbocycles. The third kappa shape index (κ3) is 2.35. The van der Waals surface area contributed by atoms with Gasteiger partial charge in [-0.3, -0.25) is 9.59 Å². The molecule has 2 fully saturated rings. The highest BCUT2D eigenvalue weighted by atomic mass is 16.1. The van der Waals surface area contributed by atoms with E-state index < -0.39 is 0 Å². The van der Waals surface area contributed by atoms with E-state index in [4.69, 9.17) is 0 Å². The van der Waals surface area contributed by atoms with Crippen molar-refractivity contribution in [1.82, 2.24) is 0 Å². The van der Waals surface area contributed by atoms with Gasteiger partial charge >= 0.3 is 0 Å². The topological polar surface area (TPSA) is 34.1 Å². The standard InChI is InChI=1S/C23H32O2/c1-14(2)21(25)20-8-7-18-17-6-5-15-13-16(24)9-11-22(15,3)19(17)10-12-23(18,20)4/h8,13-14,17-19H,5-7,9-12H2,1-4H3/t17-,18-,19-,22-,23-/m0/s1. The molecule has 4 rings (SSSR count). The highest BCUT2D eigenvalue weighted by molar-refractivity contribution is 5.98. The van der Waals surface area contributed by atoms with Gasteiger partial charge in [0.05, 0.1) is 0 Å². The number of rotatable bonds is 2. The van der Waals surface area contributed by atoms with Crippen LogP contribution in [0.5, 0.6) is 0 Å². The van der Waals surface area contributed by atoms with E-state index in [1.54, 1.807) is 0 Å². The second-order valence-corrected chi connectivity index (χ2v) is 9.80. The Bertz CT molecular complexity index is 682. The monoisotopic (exact) mass is 340 g/mol. The Morgan fingerprint density at radius 3 is 2.56 bits per heavy atom. The van der Waals surface area contributed by atoms with Crippen LogP contribution in [0.4, 0.5) is 0 Å². The SMILES string of the molecule is CC(C)C(=O)C1=CC[C@H]2[C@@H]3CCC4=CC(=O)CC[C@]4(C)[C@H]3CC[C@]12C. The summed E-state index contributed by atoms with van der Waals surface area (Å²) in [6.07, 6.45) is 11.7. The van der Waals surface area contributed by atoms with Crippen LogP contribution in [0.2, 0.25) is 0 Å². The summed E-state index contributed by atoms with van der Waals surface area (Å²) < 4.78 is 0. The van der Waals surface area contributed by atoms with Crippen LogP contribution in [0.3, 0.4) is 0 Å². The van der Waals surface area contributed by atoms with Crippen molar-refractivity contribution in [2.24, 2.45) is 34.5 Å². The molecule has 2 nitrogen and oxygen atoms in total. The molecule has 0 saturated heterocycles. The van der Waals surface area contributed by atoms with E-state index in [0.717, 1.165) is 37.7 Å². The van der Waals surface area contributed by atoms with Crippen molar-refractivity contribution in [3.8, 4) is 0 Å². The fraction of sp³-hybridized carbons (Fsp3) is 0.739. The van der Waals surface area contributed by atoms with Crippen LogP contribution in [-0.4, -0.2) is 11.6 Å². The van der Waals surface area contributed by atoms with Gasteiger partial charge in [-0.05, 0) is 78.8 Å². The predicted octanol–water partition coefficient (Wildman–Crippen LogP) is 5.28. The van der Waals surface area contributed by atoms with Crippen LogP contribution < -0.4 is 0 Å². The second-order valence-electron chi connectivity index (χ2n) is 9.80. The van der Waals surface area contributed by atoms with Gasteiger partial charge < -0.3 is 0 Å². The highest BCUT2D eigenvalue weighted by Crippen LogP contribution is 2.65. The first-order valence-electron chi connectivity index (χ1n) is 10.3. The molecular formula is C23H32O2. The minimum absolute atomic E-state index is 0.0879. The average molecular weight is 341 g/mol. The van der Waals surface area contributed by atoms with Gasteiger partial charge in [0.25, 0.3) is 0 Å². The summed E-state index contributed by atoms with van der Waals surface area (Å²) >= 11 is 0. The zero-order valence-corrected chi connectivity index (χ0v) is 16.2. The first-order valence-corrected chi connectivity index (χ1v) is 10.3. The molecule has 0 heterocycles. The van der Waals surface area contributed by atoms with E-state index in [-0.39, 0.29) is 16.7 Å². The smallest absolute Gasteiger partial charge is 0.161 e. The Balaban J connectivity index is 1.64. The van der Waals surface area contributed by atoms with Gasteiger partial charge in [0, 0.05) is 12.3 Å².